The lowest BCUT2D eigenvalue weighted by atomic mass is 10.3. The lowest BCUT2D eigenvalue weighted by molar-refractivity contribution is -0.135. The van der Waals surface area contributed by atoms with E-state index in [1.54, 1.807) is 25.6 Å². The van der Waals surface area contributed by atoms with E-state index in [4.69, 9.17) is 5.11 Å². The van der Waals surface area contributed by atoms with Gasteiger partial charge in [0.2, 0.25) is 5.95 Å². The molecule has 26 heavy (non-hydrogen) atoms. The number of likely N-dealkylation sites (N-methyl/N-ethyl adjacent to an activating group) is 1. The van der Waals surface area contributed by atoms with E-state index >= 15 is 0 Å². The number of aliphatic carboxylic acids is 1. The molecule has 0 radical (unpaired) electrons. The highest BCUT2D eigenvalue weighted by atomic mass is 16.4. The molecule has 0 aliphatic rings. The van der Waals surface area contributed by atoms with Crippen LogP contribution < -0.4 is 4.90 Å². The van der Waals surface area contributed by atoms with E-state index in [1.807, 2.05) is 31.3 Å². The molecule has 0 saturated heterocycles. The SMILES string of the molecule is CN(Cc1cnc(N(C)CC(=O)O)nc1)Cc1cnc2ccccc2n1. The van der Waals surface area contributed by atoms with E-state index in [9.17, 15) is 4.79 Å². The summed E-state index contributed by atoms with van der Waals surface area (Å²) in [7, 11) is 3.63. The molecule has 8 nitrogen and oxygen atoms in total. The summed E-state index contributed by atoms with van der Waals surface area (Å²) in [6, 6.07) is 7.78. The van der Waals surface area contributed by atoms with Gasteiger partial charge in [0.25, 0.3) is 0 Å². The molecule has 0 atom stereocenters. The van der Waals surface area contributed by atoms with Crippen molar-refractivity contribution in [2.75, 3.05) is 25.5 Å². The standard InChI is InChI=1S/C18H20N6O2/c1-23(11-14-9-19-15-5-3-4-6-16(15)22-14)10-13-7-20-18(21-8-13)24(2)12-17(25)26/h3-9H,10-12H2,1-2H3,(H,25,26). The van der Waals surface area contributed by atoms with E-state index in [-0.39, 0.29) is 6.54 Å². The Morgan fingerprint density at radius 1 is 1.00 bits per heavy atom. The molecule has 2 aromatic heterocycles. The Morgan fingerprint density at radius 3 is 2.38 bits per heavy atom. The first-order chi connectivity index (χ1) is 12.5. The van der Waals surface area contributed by atoms with Crippen LogP contribution in [0.2, 0.25) is 0 Å². The van der Waals surface area contributed by atoms with Crippen LogP contribution in [0.15, 0.2) is 42.9 Å². The van der Waals surface area contributed by atoms with Crippen molar-refractivity contribution < 1.29 is 9.90 Å². The number of aromatic nitrogens is 4. The first-order valence-corrected chi connectivity index (χ1v) is 8.14. The van der Waals surface area contributed by atoms with Crippen LogP contribution in [0.3, 0.4) is 0 Å². The Bertz CT molecular complexity index is 900. The fourth-order valence-corrected chi connectivity index (χ4v) is 2.62. The van der Waals surface area contributed by atoms with Crippen molar-refractivity contribution in [3.63, 3.8) is 0 Å². The van der Waals surface area contributed by atoms with E-state index in [2.05, 4.69) is 24.8 Å². The van der Waals surface area contributed by atoms with Gasteiger partial charge in [-0.05, 0) is 19.2 Å². The molecule has 1 N–H and O–H groups in total. The summed E-state index contributed by atoms with van der Waals surface area (Å²) in [5.41, 5.74) is 3.60. The summed E-state index contributed by atoms with van der Waals surface area (Å²) in [5, 5.41) is 8.81. The fourth-order valence-electron chi connectivity index (χ4n) is 2.62. The number of para-hydroxylation sites is 2. The van der Waals surface area contributed by atoms with Gasteiger partial charge in [0.1, 0.15) is 6.54 Å². The molecule has 8 heteroatoms. The zero-order valence-corrected chi connectivity index (χ0v) is 14.7. The molecule has 0 amide bonds. The number of rotatable bonds is 7. The highest BCUT2D eigenvalue weighted by molar-refractivity contribution is 5.73. The van der Waals surface area contributed by atoms with Crippen LogP contribution in [0, 0.1) is 0 Å². The zero-order chi connectivity index (χ0) is 18.5. The molecule has 2 heterocycles. The summed E-state index contributed by atoms with van der Waals surface area (Å²) in [4.78, 5) is 31.8. The minimum Gasteiger partial charge on any atom is -0.480 e. The second kappa shape index (κ2) is 7.83. The molecular weight excluding hydrogens is 332 g/mol. The largest absolute Gasteiger partial charge is 0.480 e. The number of carboxylic acid groups (broad SMARTS) is 1. The van der Waals surface area contributed by atoms with Gasteiger partial charge < -0.3 is 10.0 Å². The van der Waals surface area contributed by atoms with Gasteiger partial charge in [0.15, 0.2) is 0 Å². The normalized spacial score (nSPS) is 11.0. The van der Waals surface area contributed by atoms with Crippen molar-refractivity contribution >= 4 is 23.0 Å². The molecule has 0 saturated carbocycles. The lowest BCUT2D eigenvalue weighted by Crippen LogP contribution is -2.27. The Balaban J connectivity index is 1.61. The van der Waals surface area contributed by atoms with E-state index < -0.39 is 5.97 Å². The molecular formula is C18H20N6O2. The maximum Gasteiger partial charge on any atom is 0.323 e. The third kappa shape index (κ3) is 4.48. The van der Waals surface area contributed by atoms with Gasteiger partial charge in [-0.1, -0.05) is 12.1 Å². The molecule has 134 valence electrons. The van der Waals surface area contributed by atoms with Crippen molar-refractivity contribution in [2.45, 2.75) is 13.1 Å². The number of nitrogens with zero attached hydrogens (tertiary/aromatic N) is 6. The first-order valence-electron chi connectivity index (χ1n) is 8.14. The second-order valence-electron chi connectivity index (χ2n) is 6.16. The Labute approximate surface area is 151 Å². The summed E-state index contributed by atoms with van der Waals surface area (Å²) in [5.74, 6) is -0.532. The van der Waals surface area contributed by atoms with E-state index in [0.29, 0.717) is 19.0 Å². The van der Waals surface area contributed by atoms with Crippen LogP contribution in [0.5, 0.6) is 0 Å². The number of anilines is 1. The molecule has 0 bridgehead atoms. The smallest absolute Gasteiger partial charge is 0.323 e. The van der Waals surface area contributed by atoms with Crippen molar-refractivity contribution in [1.29, 1.82) is 0 Å². The Hall–Kier alpha value is -3.13. The Kier molecular flexibility index (Phi) is 5.33. The van der Waals surface area contributed by atoms with Gasteiger partial charge in [-0.15, -0.1) is 0 Å². The first kappa shape index (κ1) is 17.7. The minimum absolute atomic E-state index is 0.139. The van der Waals surface area contributed by atoms with Crippen LogP contribution in [0.4, 0.5) is 5.95 Å². The number of fused-ring (bicyclic) bond motifs is 1. The zero-order valence-electron chi connectivity index (χ0n) is 14.7. The molecule has 0 unspecified atom stereocenters. The monoisotopic (exact) mass is 352 g/mol. The van der Waals surface area contributed by atoms with Crippen LogP contribution in [-0.2, 0) is 17.9 Å². The van der Waals surface area contributed by atoms with Gasteiger partial charge >= 0.3 is 5.97 Å². The number of hydrogen-bond acceptors (Lipinski definition) is 7. The van der Waals surface area contributed by atoms with Crippen LogP contribution in [0.1, 0.15) is 11.3 Å². The predicted octanol–water partition coefficient (Wildman–Crippen LogP) is 1.57. The van der Waals surface area contributed by atoms with Crippen LogP contribution in [-0.4, -0.2) is 56.6 Å². The number of hydrogen-bond donors (Lipinski definition) is 1. The van der Waals surface area contributed by atoms with Crippen molar-refractivity contribution in [1.82, 2.24) is 24.8 Å². The van der Waals surface area contributed by atoms with Gasteiger partial charge in [-0.3, -0.25) is 14.7 Å². The predicted molar refractivity (Wildman–Crippen MR) is 97.6 cm³/mol. The Morgan fingerprint density at radius 2 is 1.69 bits per heavy atom. The van der Waals surface area contributed by atoms with Gasteiger partial charge in [-0.2, -0.15) is 0 Å². The average molecular weight is 352 g/mol. The van der Waals surface area contributed by atoms with Crippen molar-refractivity contribution in [3.8, 4) is 0 Å². The van der Waals surface area contributed by atoms with Gasteiger partial charge in [-0.25, -0.2) is 15.0 Å². The summed E-state index contributed by atoms with van der Waals surface area (Å²) < 4.78 is 0. The molecule has 3 rings (SSSR count). The number of carboxylic acids is 1. The molecule has 0 aliphatic heterocycles. The topological polar surface area (TPSA) is 95.3 Å². The highest BCUT2D eigenvalue weighted by Gasteiger charge is 2.09. The van der Waals surface area contributed by atoms with E-state index in [0.717, 1.165) is 22.3 Å². The lowest BCUT2D eigenvalue weighted by Gasteiger charge is -2.17. The van der Waals surface area contributed by atoms with Crippen molar-refractivity contribution in [3.05, 3.63) is 54.1 Å². The maximum atomic E-state index is 10.7. The summed E-state index contributed by atoms with van der Waals surface area (Å²) >= 11 is 0. The highest BCUT2D eigenvalue weighted by Crippen LogP contribution is 2.11. The summed E-state index contributed by atoms with van der Waals surface area (Å²) in [6.45, 7) is 1.16. The van der Waals surface area contributed by atoms with Gasteiger partial charge in [0, 0.05) is 38.1 Å². The molecule has 0 spiro atoms. The molecule has 0 fully saturated rings. The fraction of sp³-hybridized carbons (Fsp3) is 0.278. The van der Waals surface area contributed by atoms with Crippen molar-refractivity contribution in [2.24, 2.45) is 0 Å². The molecule has 3 aromatic rings. The maximum absolute atomic E-state index is 10.7. The number of carbonyl (C=O) groups is 1. The quantitative estimate of drug-likeness (QED) is 0.685. The average Bonchev–Trinajstić information content (AvgIpc) is 2.61. The van der Waals surface area contributed by atoms with Crippen LogP contribution in [0.25, 0.3) is 11.0 Å². The second-order valence-corrected chi connectivity index (χ2v) is 6.16. The van der Waals surface area contributed by atoms with Crippen LogP contribution >= 0.6 is 0 Å². The van der Waals surface area contributed by atoms with E-state index in [1.165, 1.54) is 4.90 Å². The minimum atomic E-state index is -0.920. The summed E-state index contributed by atoms with van der Waals surface area (Å²) in [6.07, 6.45) is 5.21. The number of benzene rings is 1. The third-order valence-electron chi connectivity index (χ3n) is 3.79. The molecule has 1 aromatic carbocycles. The van der Waals surface area contributed by atoms with Gasteiger partial charge in [0.05, 0.1) is 22.9 Å². The molecule has 0 aliphatic carbocycles. The third-order valence-corrected chi connectivity index (χ3v) is 3.79.